The number of rotatable bonds is 4. The molecule has 0 N–H and O–H groups in total. The summed E-state index contributed by atoms with van der Waals surface area (Å²) in [6.45, 7) is 2.16. The van der Waals surface area contributed by atoms with Crippen LogP contribution in [0.1, 0.15) is 17.5 Å². The van der Waals surface area contributed by atoms with Crippen molar-refractivity contribution in [3.63, 3.8) is 0 Å². The molecule has 7 heteroatoms. The average Bonchev–Trinajstić information content (AvgIpc) is 2.95. The number of imidazole rings is 1. The first-order valence-corrected chi connectivity index (χ1v) is 6.70. The minimum absolute atomic E-state index is 0.310. The van der Waals surface area contributed by atoms with Crippen molar-refractivity contribution in [3.8, 4) is 0 Å². The number of nitrogens with zero attached hydrogens (tertiary/aromatic N) is 4. The highest BCUT2D eigenvalue weighted by Crippen LogP contribution is 2.19. The first-order chi connectivity index (χ1) is 9.67. The molecule has 0 aliphatic heterocycles. The van der Waals surface area contributed by atoms with Crippen LogP contribution in [0.25, 0.3) is 11.0 Å². The van der Waals surface area contributed by atoms with Crippen LogP contribution in [0.2, 0.25) is 0 Å². The second kappa shape index (κ2) is 5.20. The molecule has 1 aromatic carbocycles. The zero-order valence-electron chi connectivity index (χ0n) is 10.8. The maximum atomic E-state index is 13.3. The molecule has 0 radical (unpaired) electrons. The third-order valence-electron chi connectivity index (χ3n) is 2.98. The standard InChI is InChI=1S/C13H12ClFN4O/c1-8-16-12(18-20-8)7-19-11-3-2-9(15)6-10(11)17-13(19)4-5-14/h2-3,6H,4-5,7H2,1H3. The minimum atomic E-state index is -0.310. The summed E-state index contributed by atoms with van der Waals surface area (Å²) in [5.74, 6) is 1.98. The largest absolute Gasteiger partial charge is 0.340 e. The highest BCUT2D eigenvalue weighted by atomic mass is 35.5. The van der Waals surface area contributed by atoms with Crippen molar-refractivity contribution < 1.29 is 8.91 Å². The van der Waals surface area contributed by atoms with Gasteiger partial charge in [0.15, 0.2) is 5.82 Å². The Hall–Kier alpha value is -1.95. The van der Waals surface area contributed by atoms with Crippen LogP contribution in [0.15, 0.2) is 22.7 Å². The normalized spacial score (nSPS) is 11.3. The highest BCUT2D eigenvalue weighted by Gasteiger charge is 2.13. The summed E-state index contributed by atoms with van der Waals surface area (Å²) < 4.78 is 20.2. The van der Waals surface area contributed by atoms with Crippen LogP contribution in [0, 0.1) is 12.7 Å². The Balaban J connectivity index is 2.08. The fourth-order valence-corrected chi connectivity index (χ4v) is 2.32. The van der Waals surface area contributed by atoms with E-state index in [9.17, 15) is 4.39 Å². The molecule has 0 saturated carbocycles. The Morgan fingerprint density at radius 2 is 2.20 bits per heavy atom. The van der Waals surface area contributed by atoms with Crippen molar-refractivity contribution in [2.45, 2.75) is 19.9 Å². The Labute approximate surface area is 119 Å². The number of hydrogen-bond acceptors (Lipinski definition) is 4. The van der Waals surface area contributed by atoms with Gasteiger partial charge < -0.3 is 9.09 Å². The second-order valence-electron chi connectivity index (χ2n) is 4.42. The van der Waals surface area contributed by atoms with E-state index >= 15 is 0 Å². The highest BCUT2D eigenvalue weighted by molar-refractivity contribution is 6.17. The van der Waals surface area contributed by atoms with Gasteiger partial charge in [-0.05, 0) is 12.1 Å². The van der Waals surface area contributed by atoms with Gasteiger partial charge in [0, 0.05) is 25.3 Å². The smallest absolute Gasteiger partial charge is 0.223 e. The number of aromatic nitrogens is 4. The summed E-state index contributed by atoms with van der Waals surface area (Å²) in [7, 11) is 0. The summed E-state index contributed by atoms with van der Waals surface area (Å²) >= 11 is 5.80. The van der Waals surface area contributed by atoms with Crippen LogP contribution in [-0.4, -0.2) is 25.6 Å². The first kappa shape index (κ1) is 13.1. The fourth-order valence-electron chi connectivity index (χ4n) is 2.15. The SMILES string of the molecule is Cc1nc(Cn2c(CCCl)nc3cc(F)ccc32)no1. The maximum Gasteiger partial charge on any atom is 0.223 e. The number of halogens is 2. The first-order valence-electron chi connectivity index (χ1n) is 6.17. The zero-order chi connectivity index (χ0) is 14.1. The van der Waals surface area contributed by atoms with Crippen LogP contribution in [0.5, 0.6) is 0 Å². The number of hydrogen-bond donors (Lipinski definition) is 0. The molecule has 104 valence electrons. The topological polar surface area (TPSA) is 56.7 Å². The molecular weight excluding hydrogens is 283 g/mol. The van der Waals surface area contributed by atoms with E-state index in [1.807, 2.05) is 4.57 Å². The lowest BCUT2D eigenvalue weighted by Crippen LogP contribution is -2.07. The van der Waals surface area contributed by atoms with Crippen molar-refractivity contribution in [1.29, 1.82) is 0 Å². The molecule has 0 bridgehead atoms. The van der Waals surface area contributed by atoms with Crippen molar-refractivity contribution in [3.05, 3.63) is 41.6 Å². The zero-order valence-corrected chi connectivity index (χ0v) is 11.6. The molecule has 3 aromatic rings. The number of aryl methyl sites for hydroxylation is 2. The fraction of sp³-hybridized carbons (Fsp3) is 0.308. The van der Waals surface area contributed by atoms with Crippen LogP contribution < -0.4 is 0 Å². The van der Waals surface area contributed by atoms with E-state index in [-0.39, 0.29) is 5.82 Å². The second-order valence-corrected chi connectivity index (χ2v) is 4.79. The number of fused-ring (bicyclic) bond motifs is 1. The van der Waals surface area contributed by atoms with Gasteiger partial charge in [-0.15, -0.1) is 11.6 Å². The summed E-state index contributed by atoms with van der Waals surface area (Å²) in [6.07, 6.45) is 0.592. The van der Waals surface area contributed by atoms with Crippen molar-refractivity contribution in [1.82, 2.24) is 19.7 Å². The monoisotopic (exact) mass is 294 g/mol. The lowest BCUT2D eigenvalue weighted by molar-refractivity contribution is 0.386. The van der Waals surface area contributed by atoms with Gasteiger partial charge in [-0.3, -0.25) is 0 Å². The van der Waals surface area contributed by atoms with E-state index in [4.69, 9.17) is 16.1 Å². The minimum Gasteiger partial charge on any atom is -0.340 e. The maximum absolute atomic E-state index is 13.3. The molecule has 2 heterocycles. The van der Waals surface area contributed by atoms with Crippen LogP contribution in [-0.2, 0) is 13.0 Å². The number of benzene rings is 1. The molecule has 20 heavy (non-hydrogen) atoms. The van der Waals surface area contributed by atoms with Crippen molar-refractivity contribution >= 4 is 22.6 Å². The molecule has 0 aliphatic rings. The predicted octanol–water partition coefficient (Wildman–Crippen LogP) is 2.70. The van der Waals surface area contributed by atoms with Crippen molar-refractivity contribution in [2.75, 3.05) is 5.88 Å². The summed E-state index contributed by atoms with van der Waals surface area (Å²) in [6, 6.07) is 4.51. The van der Waals surface area contributed by atoms with Crippen molar-refractivity contribution in [2.24, 2.45) is 0 Å². The molecule has 0 amide bonds. The van der Waals surface area contributed by atoms with Gasteiger partial charge in [-0.25, -0.2) is 9.37 Å². The van der Waals surface area contributed by atoms with E-state index in [1.54, 1.807) is 13.0 Å². The van der Waals surface area contributed by atoms with Crippen LogP contribution in [0.3, 0.4) is 0 Å². The van der Waals surface area contributed by atoms with E-state index in [0.29, 0.717) is 36.1 Å². The molecule has 0 unspecified atom stereocenters. The lowest BCUT2D eigenvalue weighted by atomic mass is 10.3. The number of alkyl halides is 1. The van der Waals surface area contributed by atoms with Gasteiger partial charge in [0.1, 0.15) is 11.6 Å². The molecule has 2 aromatic heterocycles. The third-order valence-corrected chi connectivity index (χ3v) is 3.17. The Bertz CT molecular complexity index is 752. The third kappa shape index (κ3) is 2.38. The molecule has 0 saturated heterocycles. The summed E-state index contributed by atoms with van der Waals surface area (Å²) in [4.78, 5) is 8.60. The van der Waals surface area contributed by atoms with Gasteiger partial charge in [-0.1, -0.05) is 5.16 Å². The Morgan fingerprint density at radius 3 is 2.90 bits per heavy atom. The molecule has 0 spiro atoms. The molecule has 0 fully saturated rings. The molecule has 5 nitrogen and oxygen atoms in total. The predicted molar refractivity (Wildman–Crippen MR) is 72.3 cm³/mol. The summed E-state index contributed by atoms with van der Waals surface area (Å²) in [5, 5.41) is 3.87. The lowest BCUT2D eigenvalue weighted by Gasteiger charge is -2.05. The molecule has 0 atom stereocenters. The quantitative estimate of drug-likeness (QED) is 0.694. The molecule has 3 rings (SSSR count). The Morgan fingerprint density at radius 1 is 1.35 bits per heavy atom. The average molecular weight is 295 g/mol. The van der Waals surface area contributed by atoms with Gasteiger partial charge in [0.2, 0.25) is 5.89 Å². The van der Waals surface area contributed by atoms with Gasteiger partial charge >= 0.3 is 0 Å². The van der Waals surface area contributed by atoms with E-state index in [0.717, 1.165) is 11.3 Å². The van der Waals surface area contributed by atoms with Crippen LogP contribution in [0.4, 0.5) is 4.39 Å². The van der Waals surface area contributed by atoms with Crippen LogP contribution >= 0.6 is 11.6 Å². The van der Waals surface area contributed by atoms with Gasteiger partial charge in [-0.2, -0.15) is 4.98 Å². The van der Waals surface area contributed by atoms with E-state index in [2.05, 4.69) is 15.1 Å². The van der Waals surface area contributed by atoms with E-state index in [1.165, 1.54) is 12.1 Å². The Kier molecular flexibility index (Phi) is 3.40. The van der Waals surface area contributed by atoms with E-state index < -0.39 is 0 Å². The van der Waals surface area contributed by atoms with Gasteiger partial charge in [0.05, 0.1) is 17.6 Å². The molecule has 0 aliphatic carbocycles. The summed E-state index contributed by atoms with van der Waals surface area (Å²) in [5.41, 5.74) is 1.43. The van der Waals surface area contributed by atoms with Gasteiger partial charge in [0.25, 0.3) is 0 Å². The molecular formula is C13H12ClFN4O.